The van der Waals surface area contributed by atoms with E-state index in [1.54, 1.807) is 0 Å². The van der Waals surface area contributed by atoms with Crippen LogP contribution in [0.15, 0.2) is 12.1 Å². The first kappa shape index (κ1) is 12.4. The molecular formula is C11H12F2O3. The zero-order valence-electron chi connectivity index (χ0n) is 9.21. The first-order valence-corrected chi connectivity index (χ1v) is 4.53. The van der Waals surface area contributed by atoms with Crippen molar-refractivity contribution < 1.29 is 23.0 Å². The van der Waals surface area contributed by atoms with Crippen molar-refractivity contribution in [2.24, 2.45) is 0 Å². The maximum absolute atomic E-state index is 13.2. The van der Waals surface area contributed by atoms with Crippen molar-refractivity contribution in [3.63, 3.8) is 0 Å². The van der Waals surface area contributed by atoms with Crippen LogP contribution in [0.25, 0.3) is 0 Å². The molecule has 0 bridgehead atoms. The fraction of sp³-hybridized carbons (Fsp3) is 0.364. The molecule has 0 heterocycles. The highest BCUT2D eigenvalue weighted by Crippen LogP contribution is 2.36. The minimum absolute atomic E-state index is 0.171. The van der Waals surface area contributed by atoms with Gasteiger partial charge in [0.05, 0.1) is 14.2 Å². The average molecular weight is 230 g/mol. The lowest BCUT2D eigenvalue weighted by Gasteiger charge is -2.16. The van der Waals surface area contributed by atoms with Crippen LogP contribution < -0.4 is 9.47 Å². The third kappa shape index (κ3) is 2.13. The lowest BCUT2D eigenvalue weighted by molar-refractivity contribution is -0.130. The number of aldehydes is 1. The molecule has 0 fully saturated rings. The van der Waals surface area contributed by atoms with E-state index < -0.39 is 5.92 Å². The van der Waals surface area contributed by atoms with Gasteiger partial charge in [0.1, 0.15) is 0 Å². The summed E-state index contributed by atoms with van der Waals surface area (Å²) in [5.41, 5.74) is -0.102. The van der Waals surface area contributed by atoms with Gasteiger partial charge in [-0.3, -0.25) is 4.79 Å². The van der Waals surface area contributed by atoms with Gasteiger partial charge in [-0.15, -0.1) is 0 Å². The topological polar surface area (TPSA) is 35.5 Å². The summed E-state index contributed by atoms with van der Waals surface area (Å²) in [5, 5.41) is 0. The summed E-state index contributed by atoms with van der Waals surface area (Å²) in [4.78, 5) is 10.3. The van der Waals surface area contributed by atoms with E-state index in [9.17, 15) is 13.6 Å². The van der Waals surface area contributed by atoms with Gasteiger partial charge in [-0.05, 0) is 24.6 Å². The molecular weight excluding hydrogens is 218 g/mol. The maximum Gasteiger partial charge on any atom is 0.327 e. The number of ether oxygens (including phenoxy) is 2. The highest BCUT2D eigenvalue weighted by atomic mass is 19.3. The molecule has 16 heavy (non-hydrogen) atoms. The van der Waals surface area contributed by atoms with Crippen molar-refractivity contribution in [2.45, 2.75) is 12.8 Å². The molecule has 0 aliphatic heterocycles. The van der Waals surface area contributed by atoms with Crippen LogP contribution in [0.1, 0.15) is 11.1 Å². The zero-order chi connectivity index (χ0) is 12.3. The zero-order valence-corrected chi connectivity index (χ0v) is 9.21. The van der Waals surface area contributed by atoms with E-state index in [2.05, 4.69) is 0 Å². The normalized spacial score (nSPS) is 11.1. The first-order chi connectivity index (χ1) is 7.46. The molecule has 0 N–H and O–H groups in total. The molecule has 0 amide bonds. The first-order valence-electron chi connectivity index (χ1n) is 4.53. The van der Waals surface area contributed by atoms with E-state index in [-0.39, 0.29) is 23.2 Å². The molecule has 1 rings (SSSR count). The van der Waals surface area contributed by atoms with Crippen molar-refractivity contribution >= 4 is 6.29 Å². The van der Waals surface area contributed by atoms with Crippen molar-refractivity contribution in [3.05, 3.63) is 23.3 Å². The SMILES string of the molecule is COc1cc(C)c(C(F)(F)C=O)cc1OC. The standard InChI is InChI=1S/C11H12F2O3/c1-7-4-9(15-2)10(16-3)5-8(7)11(12,13)6-14/h4-6H,1-3H3. The minimum atomic E-state index is -3.51. The molecule has 0 unspecified atom stereocenters. The van der Waals surface area contributed by atoms with Gasteiger partial charge in [0.15, 0.2) is 17.8 Å². The van der Waals surface area contributed by atoms with Crippen LogP contribution in [-0.4, -0.2) is 20.5 Å². The van der Waals surface area contributed by atoms with Crippen LogP contribution in [0.2, 0.25) is 0 Å². The highest BCUT2D eigenvalue weighted by molar-refractivity contribution is 5.66. The van der Waals surface area contributed by atoms with Gasteiger partial charge in [0, 0.05) is 5.56 Å². The number of aryl methyl sites for hydroxylation is 1. The number of carbonyl (C=O) groups excluding carboxylic acids is 1. The number of carbonyl (C=O) groups is 1. The minimum Gasteiger partial charge on any atom is -0.493 e. The number of rotatable bonds is 4. The van der Waals surface area contributed by atoms with Crippen LogP contribution in [0, 0.1) is 6.92 Å². The molecule has 0 aliphatic carbocycles. The Balaban J connectivity index is 3.37. The van der Waals surface area contributed by atoms with Crippen LogP contribution in [0.4, 0.5) is 8.78 Å². The Morgan fingerprint density at radius 3 is 2.12 bits per heavy atom. The summed E-state index contributed by atoms with van der Waals surface area (Å²) in [6.45, 7) is 1.48. The van der Waals surface area contributed by atoms with Gasteiger partial charge in [-0.1, -0.05) is 0 Å². The monoisotopic (exact) mass is 230 g/mol. The molecule has 0 aliphatic rings. The third-order valence-corrected chi connectivity index (χ3v) is 2.24. The summed E-state index contributed by atoms with van der Waals surface area (Å²) in [5.74, 6) is -2.99. The van der Waals surface area contributed by atoms with Crippen molar-refractivity contribution in [1.29, 1.82) is 0 Å². The molecule has 0 aromatic heterocycles. The Morgan fingerprint density at radius 1 is 1.19 bits per heavy atom. The van der Waals surface area contributed by atoms with Crippen LogP contribution in [0.3, 0.4) is 0 Å². The molecule has 1 aromatic rings. The Morgan fingerprint density at radius 2 is 1.69 bits per heavy atom. The number of hydrogen-bond acceptors (Lipinski definition) is 3. The Labute approximate surface area is 92.0 Å². The van der Waals surface area contributed by atoms with Crippen LogP contribution in [-0.2, 0) is 10.7 Å². The summed E-state index contributed by atoms with van der Waals surface area (Å²) >= 11 is 0. The van der Waals surface area contributed by atoms with E-state index >= 15 is 0 Å². The molecule has 3 nitrogen and oxygen atoms in total. The lowest BCUT2D eigenvalue weighted by Crippen LogP contribution is -2.16. The van der Waals surface area contributed by atoms with E-state index in [1.165, 1.54) is 27.2 Å². The van der Waals surface area contributed by atoms with Gasteiger partial charge < -0.3 is 9.47 Å². The summed E-state index contributed by atoms with van der Waals surface area (Å²) in [6.07, 6.45) is -0.388. The number of methoxy groups -OCH3 is 2. The Kier molecular flexibility index (Phi) is 3.47. The second-order valence-electron chi connectivity index (χ2n) is 3.26. The molecule has 1 aromatic carbocycles. The van der Waals surface area contributed by atoms with Gasteiger partial charge in [-0.25, -0.2) is 0 Å². The van der Waals surface area contributed by atoms with Gasteiger partial charge in [0.25, 0.3) is 0 Å². The summed E-state index contributed by atoms with van der Waals surface area (Å²) in [7, 11) is 2.75. The highest BCUT2D eigenvalue weighted by Gasteiger charge is 2.33. The quantitative estimate of drug-likeness (QED) is 0.744. The number of benzene rings is 1. The molecule has 0 radical (unpaired) electrons. The number of alkyl halides is 2. The van der Waals surface area contributed by atoms with Crippen molar-refractivity contribution in [1.82, 2.24) is 0 Å². The molecule has 5 heteroatoms. The second kappa shape index (κ2) is 4.47. The fourth-order valence-corrected chi connectivity index (χ4v) is 1.40. The Bertz CT molecular complexity index is 402. The van der Waals surface area contributed by atoms with Crippen molar-refractivity contribution in [3.8, 4) is 11.5 Å². The van der Waals surface area contributed by atoms with E-state index in [4.69, 9.17) is 9.47 Å². The van der Waals surface area contributed by atoms with Gasteiger partial charge in [-0.2, -0.15) is 8.78 Å². The number of halogens is 2. The van der Waals surface area contributed by atoms with E-state index in [0.717, 1.165) is 6.07 Å². The maximum atomic E-state index is 13.2. The predicted octanol–water partition coefficient (Wildman–Crippen LogP) is 2.30. The van der Waals surface area contributed by atoms with Gasteiger partial charge >= 0.3 is 5.92 Å². The molecule has 0 saturated heterocycles. The average Bonchev–Trinajstić information content (AvgIpc) is 2.28. The van der Waals surface area contributed by atoms with Crippen molar-refractivity contribution in [2.75, 3.05) is 14.2 Å². The van der Waals surface area contributed by atoms with Crippen LogP contribution >= 0.6 is 0 Å². The lowest BCUT2D eigenvalue weighted by atomic mass is 10.0. The largest absolute Gasteiger partial charge is 0.493 e. The number of hydrogen-bond donors (Lipinski definition) is 0. The Hall–Kier alpha value is -1.65. The summed E-state index contributed by atoms with van der Waals surface area (Å²) in [6, 6.07) is 2.52. The van der Waals surface area contributed by atoms with E-state index in [0.29, 0.717) is 5.75 Å². The van der Waals surface area contributed by atoms with Crippen LogP contribution in [0.5, 0.6) is 11.5 Å². The third-order valence-electron chi connectivity index (χ3n) is 2.24. The summed E-state index contributed by atoms with van der Waals surface area (Å²) < 4.78 is 36.3. The fourth-order valence-electron chi connectivity index (χ4n) is 1.40. The molecule has 0 atom stereocenters. The molecule has 88 valence electrons. The van der Waals surface area contributed by atoms with E-state index in [1.807, 2.05) is 0 Å². The predicted molar refractivity (Wildman–Crippen MR) is 54.2 cm³/mol. The smallest absolute Gasteiger partial charge is 0.327 e. The molecule has 0 saturated carbocycles. The second-order valence-corrected chi connectivity index (χ2v) is 3.26. The van der Waals surface area contributed by atoms with Gasteiger partial charge in [0.2, 0.25) is 0 Å². The molecule has 0 spiro atoms.